The Kier molecular flexibility index (Phi) is 8.97. The highest BCUT2D eigenvalue weighted by molar-refractivity contribution is 9.09. The molecule has 0 spiro atoms. The number of ether oxygens (including phenoxy) is 2. The molecule has 0 aromatic heterocycles. The average Bonchev–Trinajstić information content (AvgIpc) is 2.20. The van der Waals surface area contributed by atoms with Crippen molar-refractivity contribution in [3.05, 3.63) is 12.2 Å². The zero-order valence-electron chi connectivity index (χ0n) is 7.37. The first kappa shape index (κ1) is 13.6. The number of hydrogen-bond donors (Lipinski definition) is 0. The van der Waals surface area contributed by atoms with Gasteiger partial charge in [-0.05, 0) is 0 Å². The fourth-order valence-corrected chi connectivity index (χ4v) is 0.834. The molecule has 0 bridgehead atoms. The molecule has 0 saturated heterocycles. The number of halogens is 2. The number of hydrogen-bond acceptors (Lipinski definition) is 4. The summed E-state index contributed by atoms with van der Waals surface area (Å²) in [6.45, 7) is 0.555. The molecule has 0 aliphatic carbocycles. The fourth-order valence-electron chi connectivity index (χ4n) is 0.511. The van der Waals surface area contributed by atoms with Gasteiger partial charge in [0.1, 0.15) is 13.2 Å². The van der Waals surface area contributed by atoms with Gasteiger partial charge in [-0.1, -0.05) is 31.9 Å². The third-order valence-corrected chi connectivity index (χ3v) is 1.65. The van der Waals surface area contributed by atoms with Gasteiger partial charge in [0.05, 0.1) is 0 Å². The van der Waals surface area contributed by atoms with Crippen molar-refractivity contribution in [1.29, 1.82) is 0 Å². The van der Waals surface area contributed by atoms with Crippen molar-refractivity contribution >= 4 is 43.8 Å². The lowest BCUT2D eigenvalue weighted by molar-refractivity contribution is -0.139. The maximum atomic E-state index is 10.8. The number of alkyl halides is 2. The second-order valence-electron chi connectivity index (χ2n) is 2.05. The van der Waals surface area contributed by atoms with Crippen LogP contribution in [0.4, 0.5) is 0 Å². The molecule has 0 aromatic rings. The molecule has 0 aliphatic heterocycles. The van der Waals surface area contributed by atoms with Crippen LogP contribution >= 0.6 is 31.9 Å². The van der Waals surface area contributed by atoms with Gasteiger partial charge >= 0.3 is 11.9 Å². The zero-order valence-corrected chi connectivity index (χ0v) is 10.5. The van der Waals surface area contributed by atoms with Crippen LogP contribution < -0.4 is 0 Å². The molecular formula is C8H10Br2O4. The Morgan fingerprint density at radius 1 is 0.929 bits per heavy atom. The molecule has 80 valence electrons. The lowest BCUT2D eigenvalue weighted by atomic mass is 10.5. The number of carbonyl (C=O) groups is 2. The predicted octanol–water partition coefficient (Wildman–Crippen LogP) is 1.42. The molecule has 0 N–H and O–H groups in total. The summed E-state index contributed by atoms with van der Waals surface area (Å²) in [6, 6.07) is 0. The molecule has 0 aromatic carbocycles. The minimum Gasteiger partial charge on any atom is -0.462 e. The summed E-state index contributed by atoms with van der Waals surface area (Å²) in [7, 11) is 0. The summed E-state index contributed by atoms with van der Waals surface area (Å²) in [5.41, 5.74) is 0. The highest BCUT2D eigenvalue weighted by Crippen LogP contribution is 1.88. The highest BCUT2D eigenvalue weighted by atomic mass is 79.9. The largest absolute Gasteiger partial charge is 0.462 e. The van der Waals surface area contributed by atoms with E-state index in [1.165, 1.54) is 0 Å². The Labute approximate surface area is 98.9 Å². The molecule has 0 fully saturated rings. The van der Waals surface area contributed by atoms with Crippen LogP contribution in [0.5, 0.6) is 0 Å². The van der Waals surface area contributed by atoms with E-state index < -0.39 is 11.9 Å². The van der Waals surface area contributed by atoms with Gasteiger partial charge in [-0.3, -0.25) is 0 Å². The average molecular weight is 330 g/mol. The van der Waals surface area contributed by atoms with Crippen LogP contribution in [0.2, 0.25) is 0 Å². The molecular weight excluding hydrogens is 320 g/mol. The van der Waals surface area contributed by atoms with Gasteiger partial charge in [-0.2, -0.15) is 0 Å². The fraction of sp³-hybridized carbons (Fsp3) is 0.500. The van der Waals surface area contributed by atoms with E-state index >= 15 is 0 Å². The van der Waals surface area contributed by atoms with Gasteiger partial charge in [0, 0.05) is 22.8 Å². The monoisotopic (exact) mass is 328 g/mol. The maximum absolute atomic E-state index is 10.8. The van der Waals surface area contributed by atoms with Crippen LogP contribution in [0.3, 0.4) is 0 Å². The van der Waals surface area contributed by atoms with Crippen LogP contribution in [0.1, 0.15) is 0 Å². The Balaban J connectivity index is 3.68. The number of carbonyl (C=O) groups excluding carboxylic acids is 2. The second kappa shape index (κ2) is 9.21. The molecule has 0 atom stereocenters. The van der Waals surface area contributed by atoms with E-state index in [0.717, 1.165) is 12.2 Å². The molecule has 0 heterocycles. The van der Waals surface area contributed by atoms with Gasteiger partial charge in [-0.25, -0.2) is 9.59 Å². The molecule has 14 heavy (non-hydrogen) atoms. The third kappa shape index (κ3) is 8.25. The van der Waals surface area contributed by atoms with Crippen molar-refractivity contribution in [2.45, 2.75) is 0 Å². The minimum absolute atomic E-state index is 0.277. The zero-order chi connectivity index (χ0) is 10.8. The number of rotatable bonds is 6. The first-order valence-electron chi connectivity index (χ1n) is 3.84. The Morgan fingerprint density at radius 2 is 1.29 bits per heavy atom. The van der Waals surface area contributed by atoms with Crippen molar-refractivity contribution in [3.63, 3.8) is 0 Å². The third-order valence-electron chi connectivity index (χ3n) is 0.998. The number of esters is 2. The normalized spacial score (nSPS) is 10.1. The molecule has 6 heteroatoms. The van der Waals surface area contributed by atoms with Crippen LogP contribution in [0.25, 0.3) is 0 Å². The van der Waals surface area contributed by atoms with Crippen molar-refractivity contribution < 1.29 is 19.1 Å². The van der Waals surface area contributed by atoms with E-state index in [2.05, 4.69) is 41.3 Å². The van der Waals surface area contributed by atoms with E-state index in [-0.39, 0.29) is 13.2 Å². The van der Waals surface area contributed by atoms with Crippen LogP contribution in [0, 0.1) is 0 Å². The van der Waals surface area contributed by atoms with Crippen molar-refractivity contribution in [1.82, 2.24) is 0 Å². The molecule has 0 unspecified atom stereocenters. The minimum atomic E-state index is -0.555. The van der Waals surface area contributed by atoms with E-state index in [0.29, 0.717) is 10.7 Å². The van der Waals surface area contributed by atoms with Crippen molar-refractivity contribution in [2.75, 3.05) is 23.9 Å². The van der Waals surface area contributed by atoms with Gasteiger partial charge in [0.25, 0.3) is 0 Å². The van der Waals surface area contributed by atoms with Crippen molar-refractivity contribution in [2.24, 2.45) is 0 Å². The van der Waals surface area contributed by atoms with Crippen LogP contribution in [-0.4, -0.2) is 35.8 Å². The van der Waals surface area contributed by atoms with E-state index in [4.69, 9.17) is 0 Å². The summed E-state index contributed by atoms with van der Waals surface area (Å²) < 4.78 is 9.31. The molecule has 4 nitrogen and oxygen atoms in total. The Bertz CT molecular complexity index is 193. The van der Waals surface area contributed by atoms with E-state index in [1.807, 2.05) is 0 Å². The molecule has 0 amide bonds. The standard InChI is InChI=1S/C8H10Br2O4/c9-3-5-13-7(11)1-2-8(12)14-6-4-10/h1-2H,3-6H2/b2-1-. The molecule has 0 aliphatic rings. The van der Waals surface area contributed by atoms with E-state index in [1.54, 1.807) is 0 Å². The quantitative estimate of drug-likeness (QED) is 0.420. The summed E-state index contributed by atoms with van der Waals surface area (Å²) in [5.74, 6) is -1.11. The van der Waals surface area contributed by atoms with Crippen LogP contribution in [0.15, 0.2) is 12.2 Å². The first-order valence-corrected chi connectivity index (χ1v) is 6.08. The summed E-state index contributed by atoms with van der Waals surface area (Å²) in [6.07, 6.45) is 2.08. The maximum Gasteiger partial charge on any atom is 0.331 e. The predicted molar refractivity (Wildman–Crippen MR) is 58.6 cm³/mol. The highest BCUT2D eigenvalue weighted by Gasteiger charge is 1.99. The smallest absolute Gasteiger partial charge is 0.331 e. The lowest BCUT2D eigenvalue weighted by Gasteiger charge is -1.97. The van der Waals surface area contributed by atoms with Gasteiger partial charge in [-0.15, -0.1) is 0 Å². The Hall–Kier alpha value is -0.360. The summed E-state index contributed by atoms with van der Waals surface area (Å²) in [4.78, 5) is 21.7. The SMILES string of the molecule is O=C(/C=C\C(=O)OCCBr)OCCBr. The topological polar surface area (TPSA) is 52.6 Å². The van der Waals surface area contributed by atoms with Gasteiger partial charge in [0.15, 0.2) is 0 Å². The molecule has 0 radical (unpaired) electrons. The van der Waals surface area contributed by atoms with E-state index in [9.17, 15) is 9.59 Å². The lowest BCUT2D eigenvalue weighted by Crippen LogP contribution is -2.06. The Morgan fingerprint density at radius 3 is 1.57 bits per heavy atom. The molecule has 0 saturated carbocycles. The van der Waals surface area contributed by atoms with Crippen molar-refractivity contribution in [3.8, 4) is 0 Å². The summed E-state index contributed by atoms with van der Waals surface area (Å²) in [5, 5.41) is 1.14. The van der Waals surface area contributed by atoms with Crippen LogP contribution in [-0.2, 0) is 19.1 Å². The van der Waals surface area contributed by atoms with Gasteiger partial charge in [0.2, 0.25) is 0 Å². The van der Waals surface area contributed by atoms with Gasteiger partial charge < -0.3 is 9.47 Å². The summed E-state index contributed by atoms with van der Waals surface area (Å²) >= 11 is 6.19. The first-order chi connectivity index (χ1) is 6.70. The second-order valence-corrected chi connectivity index (χ2v) is 3.63. The molecule has 0 rings (SSSR count).